The van der Waals surface area contributed by atoms with Crippen molar-refractivity contribution in [2.75, 3.05) is 19.7 Å². The largest absolute Gasteiger partial charge is 0.415 e. The quantitative estimate of drug-likeness (QED) is 0.756. The number of hydrogen-bond acceptors (Lipinski definition) is 3. The summed E-state index contributed by atoms with van der Waals surface area (Å²) in [7, 11) is 0. The van der Waals surface area contributed by atoms with Crippen molar-refractivity contribution in [2.24, 2.45) is 5.73 Å². The third-order valence-corrected chi connectivity index (χ3v) is 2.75. The fourth-order valence-corrected chi connectivity index (χ4v) is 1.64. The Labute approximate surface area is 97.9 Å². The molecule has 1 rings (SSSR count). The summed E-state index contributed by atoms with van der Waals surface area (Å²) in [6.07, 6.45) is -4.76. The Hall–Kier alpha value is -0.820. The normalized spacial score (nSPS) is 24.3. The van der Waals surface area contributed by atoms with Crippen LogP contribution < -0.4 is 5.73 Å². The summed E-state index contributed by atoms with van der Waals surface area (Å²) >= 11 is 0. The van der Waals surface area contributed by atoms with E-state index in [2.05, 4.69) is 0 Å². The summed E-state index contributed by atoms with van der Waals surface area (Å²) in [6, 6.07) is 0. The van der Waals surface area contributed by atoms with Crippen LogP contribution in [0.25, 0.3) is 0 Å². The fraction of sp³-hybridized carbons (Fsp3) is 0.900. The van der Waals surface area contributed by atoms with Crippen LogP contribution >= 0.6 is 0 Å². The number of amides is 1. The first-order valence-electron chi connectivity index (χ1n) is 5.26. The van der Waals surface area contributed by atoms with Crippen molar-refractivity contribution >= 4 is 5.91 Å². The van der Waals surface area contributed by atoms with Crippen LogP contribution in [0.1, 0.15) is 20.8 Å². The number of carbonyl (C=O) groups excluding carboxylic acids is 1. The van der Waals surface area contributed by atoms with Gasteiger partial charge in [-0.1, -0.05) is 0 Å². The lowest BCUT2D eigenvalue weighted by Crippen LogP contribution is -2.65. The molecule has 1 saturated heterocycles. The molecule has 0 bridgehead atoms. The molecule has 0 radical (unpaired) electrons. The van der Waals surface area contributed by atoms with Crippen molar-refractivity contribution in [1.29, 1.82) is 0 Å². The van der Waals surface area contributed by atoms with Crippen molar-refractivity contribution in [3.8, 4) is 0 Å². The van der Waals surface area contributed by atoms with Gasteiger partial charge >= 0.3 is 6.18 Å². The Morgan fingerprint density at radius 2 is 1.94 bits per heavy atom. The highest BCUT2D eigenvalue weighted by atomic mass is 19.4. The van der Waals surface area contributed by atoms with E-state index in [1.54, 1.807) is 13.8 Å². The molecule has 0 aliphatic carbocycles. The van der Waals surface area contributed by atoms with Gasteiger partial charge in [0.25, 0.3) is 5.91 Å². The Kier molecular flexibility index (Phi) is 3.46. The number of morpholine rings is 1. The van der Waals surface area contributed by atoms with Gasteiger partial charge in [0.05, 0.1) is 12.2 Å². The zero-order chi connectivity index (χ0) is 13.5. The average Bonchev–Trinajstić information content (AvgIpc) is 2.13. The predicted molar refractivity (Wildman–Crippen MR) is 55.3 cm³/mol. The Balaban J connectivity index is 2.84. The van der Waals surface area contributed by atoms with E-state index >= 15 is 0 Å². The highest BCUT2D eigenvalue weighted by Crippen LogP contribution is 2.30. The Bertz CT molecular complexity index is 313. The second-order valence-corrected chi connectivity index (χ2v) is 5.03. The number of ether oxygens (including phenoxy) is 1. The number of carbonyl (C=O) groups is 1. The van der Waals surface area contributed by atoms with E-state index in [0.29, 0.717) is 6.92 Å². The van der Waals surface area contributed by atoms with Crippen molar-refractivity contribution in [1.82, 2.24) is 4.90 Å². The average molecular weight is 254 g/mol. The van der Waals surface area contributed by atoms with Gasteiger partial charge in [-0.15, -0.1) is 0 Å². The van der Waals surface area contributed by atoms with Crippen LogP contribution in [0.4, 0.5) is 13.2 Å². The Morgan fingerprint density at radius 1 is 1.41 bits per heavy atom. The molecule has 17 heavy (non-hydrogen) atoms. The van der Waals surface area contributed by atoms with Gasteiger partial charge in [-0.25, -0.2) is 0 Å². The maximum Gasteiger partial charge on any atom is 0.415 e. The minimum atomic E-state index is -4.76. The van der Waals surface area contributed by atoms with Gasteiger partial charge in [0.2, 0.25) is 0 Å². The van der Waals surface area contributed by atoms with E-state index in [1.165, 1.54) is 0 Å². The second kappa shape index (κ2) is 4.13. The fourth-order valence-electron chi connectivity index (χ4n) is 1.64. The summed E-state index contributed by atoms with van der Waals surface area (Å²) in [5.74, 6) is -1.11. The topological polar surface area (TPSA) is 55.6 Å². The predicted octanol–water partition coefficient (Wildman–Crippen LogP) is 0.904. The highest BCUT2D eigenvalue weighted by molar-refractivity contribution is 5.86. The van der Waals surface area contributed by atoms with Gasteiger partial charge in [-0.2, -0.15) is 13.2 Å². The van der Waals surface area contributed by atoms with E-state index in [-0.39, 0.29) is 19.7 Å². The molecule has 0 aromatic rings. The minimum Gasteiger partial charge on any atom is -0.372 e. The standard InChI is InChI=1S/C10H17F3N2O2/c1-8(2)6-15(4-5-17-8)7(16)9(3,14)10(11,12)13/h4-6,14H2,1-3H3. The zero-order valence-corrected chi connectivity index (χ0v) is 10.1. The second-order valence-electron chi connectivity index (χ2n) is 5.03. The van der Waals surface area contributed by atoms with Crippen LogP contribution in [0.5, 0.6) is 0 Å². The maximum atomic E-state index is 12.6. The first kappa shape index (κ1) is 14.2. The van der Waals surface area contributed by atoms with E-state index in [0.717, 1.165) is 4.90 Å². The summed E-state index contributed by atoms with van der Waals surface area (Å²) < 4.78 is 43.2. The van der Waals surface area contributed by atoms with Crippen molar-refractivity contribution in [3.63, 3.8) is 0 Å². The van der Waals surface area contributed by atoms with Gasteiger partial charge in [0, 0.05) is 13.1 Å². The van der Waals surface area contributed by atoms with E-state index in [4.69, 9.17) is 10.5 Å². The molecule has 1 amide bonds. The monoisotopic (exact) mass is 254 g/mol. The van der Waals surface area contributed by atoms with Crippen LogP contribution in [0.2, 0.25) is 0 Å². The molecular weight excluding hydrogens is 237 g/mol. The van der Waals surface area contributed by atoms with E-state index in [9.17, 15) is 18.0 Å². The molecule has 7 heteroatoms. The van der Waals surface area contributed by atoms with Crippen LogP contribution in [0.3, 0.4) is 0 Å². The summed E-state index contributed by atoms with van der Waals surface area (Å²) in [5, 5.41) is 0. The van der Waals surface area contributed by atoms with Gasteiger partial charge < -0.3 is 15.4 Å². The van der Waals surface area contributed by atoms with Gasteiger partial charge in [0.15, 0.2) is 5.54 Å². The third kappa shape index (κ3) is 2.90. The molecule has 4 nitrogen and oxygen atoms in total. The molecule has 0 aromatic carbocycles. The SMILES string of the molecule is CC1(C)CN(C(=O)C(C)(N)C(F)(F)F)CCO1. The molecule has 1 unspecified atom stereocenters. The summed E-state index contributed by atoms with van der Waals surface area (Å²) in [4.78, 5) is 12.9. The van der Waals surface area contributed by atoms with Crippen molar-refractivity contribution < 1.29 is 22.7 Å². The molecule has 1 aliphatic rings. The molecular formula is C10H17F3N2O2. The zero-order valence-electron chi connectivity index (χ0n) is 10.1. The number of halogens is 3. The Morgan fingerprint density at radius 3 is 2.35 bits per heavy atom. The lowest BCUT2D eigenvalue weighted by molar-refractivity contribution is -0.199. The third-order valence-electron chi connectivity index (χ3n) is 2.75. The lowest BCUT2D eigenvalue weighted by atomic mass is 9.99. The lowest BCUT2D eigenvalue weighted by Gasteiger charge is -2.41. The van der Waals surface area contributed by atoms with Crippen molar-refractivity contribution in [3.05, 3.63) is 0 Å². The van der Waals surface area contributed by atoms with E-state index < -0.39 is 23.2 Å². The molecule has 1 heterocycles. The molecule has 1 aliphatic heterocycles. The van der Waals surface area contributed by atoms with Gasteiger partial charge in [-0.3, -0.25) is 4.79 Å². The first-order valence-corrected chi connectivity index (χ1v) is 5.26. The maximum absolute atomic E-state index is 12.6. The molecule has 0 saturated carbocycles. The van der Waals surface area contributed by atoms with Gasteiger partial charge in [-0.05, 0) is 20.8 Å². The van der Waals surface area contributed by atoms with Crippen molar-refractivity contribution in [2.45, 2.75) is 38.1 Å². The molecule has 1 fully saturated rings. The minimum absolute atomic E-state index is 0.106. The van der Waals surface area contributed by atoms with Crippen LogP contribution in [0.15, 0.2) is 0 Å². The molecule has 100 valence electrons. The number of alkyl halides is 3. The smallest absolute Gasteiger partial charge is 0.372 e. The van der Waals surface area contributed by atoms with Crippen LogP contribution in [-0.2, 0) is 9.53 Å². The molecule has 1 atom stereocenters. The van der Waals surface area contributed by atoms with Gasteiger partial charge in [0.1, 0.15) is 0 Å². The summed E-state index contributed by atoms with van der Waals surface area (Å²) in [6.45, 7) is 4.58. The number of nitrogens with zero attached hydrogens (tertiary/aromatic N) is 1. The molecule has 2 N–H and O–H groups in total. The molecule has 0 aromatic heterocycles. The number of nitrogens with two attached hydrogens (primary N) is 1. The summed E-state index contributed by atoms with van der Waals surface area (Å²) in [5.41, 5.74) is 1.61. The highest BCUT2D eigenvalue weighted by Gasteiger charge is 2.56. The number of hydrogen-bond donors (Lipinski definition) is 1. The molecule has 0 spiro atoms. The van der Waals surface area contributed by atoms with Crippen LogP contribution in [-0.4, -0.2) is 47.8 Å². The van der Waals surface area contributed by atoms with Crippen LogP contribution in [0, 0.1) is 0 Å². The number of rotatable bonds is 1. The first-order chi connectivity index (χ1) is 7.47. The van der Waals surface area contributed by atoms with E-state index in [1.807, 2.05) is 0 Å².